The zero-order chi connectivity index (χ0) is 15.3. The number of nitrogens with one attached hydrogen (secondary N) is 1. The zero-order valence-corrected chi connectivity index (χ0v) is 11.5. The summed E-state index contributed by atoms with van der Waals surface area (Å²) in [5.41, 5.74) is -0.530. The fourth-order valence-electron chi connectivity index (χ4n) is 1.54. The number of carboxylic acids is 1. The number of nitro benzene ring substituents is 1. The Morgan fingerprint density at radius 3 is 2.60 bits per heavy atom. The molecule has 0 unspecified atom stereocenters. The van der Waals surface area contributed by atoms with Crippen molar-refractivity contribution >= 4 is 27.2 Å². The van der Waals surface area contributed by atoms with Gasteiger partial charge < -0.3 is 10.4 Å². The third-order valence-electron chi connectivity index (χ3n) is 2.45. The van der Waals surface area contributed by atoms with E-state index >= 15 is 0 Å². The maximum Gasteiger partial charge on any atom is 0.342 e. The van der Waals surface area contributed by atoms with E-state index in [1.807, 2.05) is 0 Å². The third kappa shape index (κ3) is 4.84. The molecule has 0 fully saturated rings. The molecule has 0 bridgehead atoms. The highest BCUT2D eigenvalue weighted by Crippen LogP contribution is 2.23. The summed E-state index contributed by atoms with van der Waals surface area (Å²) >= 11 is 0. The molecule has 0 heterocycles. The van der Waals surface area contributed by atoms with Crippen LogP contribution in [0.15, 0.2) is 18.2 Å². The summed E-state index contributed by atoms with van der Waals surface area (Å²) in [6.45, 7) is 0.316. The van der Waals surface area contributed by atoms with Gasteiger partial charge in [0, 0.05) is 24.6 Å². The molecule has 0 aliphatic heterocycles. The Balaban J connectivity index is 2.75. The lowest BCUT2D eigenvalue weighted by Crippen LogP contribution is -2.10. The molecular formula is C11H14N2O6S. The molecule has 0 saturated carbocycles. The van der Waals surface area contributed by atoms with Crippen LogP contribution in [-0.2, 0) is 9.84 Å². The maximum atomic E-state index is 10.9. The number of hydrogen-bond acceptors (Lipinski definition) is 6. The molecule has 0 saturated heterocycles. The van der Waals surface area contributed by atoms with Gasteiger partial charge in [0.1, 0.15) is 15.4 Å². The molecule has 9 heteroatoms. The average molecular weight is 302 g/mol. The van der Waals surface area contributed by atoms with E-state index in [0.29, 0.717) is 18.7 Å². The number of sulfone groups is 1. The standard InChI is InChI=1S/C11H14N2O6S/c1-20(18,19)6-2-5-12-8-3-4-9(11(14)15)10(7-8)13(16)17/h3-4,7,12H,2,5-6H2,1H3,(H,14,15). The Labute approximate surface area is 115 Å². The predicted molar refractivity (Wildman–Crippen MR) is 72.9 cm³/mol. The van der Waals surface area contributed by atoms with E-state index in [-0.39, 0.29) is 5.75 Å². The molecule has 8 nitrogen and oxygen atoms in total. The molecule has 1 aromatic carbocycles. The minimum Gasteiger partial charge on any atom is -0.477 e. The Bertz CT molecular complexity index is 626. The Morgan fingerprint density at radius 2 is 2.10 bits per heavy atom. The van der Waals surface area contributed by atoms with Crippen molar-refractivity contribution in [3.63, 3.8) is 0 Å². The topological polar surface area (TPSA) is 127 Å². The zero-order valence-electron chi connectivity index (χ0n) is 10.7. The molecule has 1 rings (SSSR count). The number of benzene rings is 1. The van der Waals surface area contributed by atoms with Crippen LogP contribution in [0, 0.1) is 10.1 Å². The van der Waals surface area contributed by atoms with Gasteiger partial charge >= 0.3 is 5.97 Å². The lowest BCUT2D eigenvalue weighted by atomic mass is 10.1. The summed E-state index contributed by atoms with van der Waals surface area (Å²) in [5, 5.41) is 22.4. The van der Waals surface area contributed by atoms with E-state index in [9.17, 15) is 23.3 Å². The highest BCUT2D eigenvalue weighted by atomic mass is 32.2. The number of nitrogens with zero attached hydrogens (tertiary/aromatic N) is 1. The second-order valence-corrected chi connectivity index (χ2v) is 6.46. The average Bonchev–Trinajstić information content (AvgIpc) is 2.33. The normalized spacial score (nSPS) is 11.1. The van der Waals surface area contributed by atoms with Crippen LogP contribution < -0.4 is 5.32 Å². The number of anilines is 1. The Kier molecular flexibility index (Phi) is 5.03. The first-order valence-electron chi connectivity index (χ1n) is 5.64. The summed E-state index contributed by atoms with van der Waals surface area (Å²) in [6.07, 6.45) is 1.48. The number of carboxylic acid groups (broad SMARTS) is 1. The molecule has 0 aliphatic rings. The first-order chi connectivity index (χ1) is 9.20. The highest BCUT2D eigenvalue weighted by molar-refractivity contribution is 7.90. The lowest BCUT2D eigenvalue weighted by molar-refractivity contribution is -0.385. The van der Waals surface area contributed by atoms with Crippen molar-refractivity contribution in [1.29, 1.82) is 0 Å². The predicted octanol–water partition coefficient (Wildman–Crippen LogP) is 1.14. The third-order valence-corrected chi connectivity index (χ3v) is 3.48. The van der Waals surface area contributed by atoms with Crippen LogP contribution in [0.25, 0.3) is 0 Å². The SMILES string of the molecule is CS(=O)(=O)CCCNc1ccc(C(=O)O)c([N+](=O)[O-])c1. The van der Waals surface area contributed by atoms with Crippen molar-refractivity contribution in [2.45, 2.75) is 6.42 Å². The number of aromatic carboxylic acids is 1. The van der Waals surface area contributed by atoms with Crippen molar-refractivity contribution in [3.8, 4) is 0 Å². The van der Waals surface area contributed by atoms with Crippen LogP contribution in [0.1, 0.15) is 16.8 Å². The maximum absolute atomic E-state index is 10.9. The fourth-order valence-corrected chi connectivity index (χ4v) is 2.21. The first-order valence-corrected chi connectivity index (χ1v) is 7.70. The van der Waals surface area contributed by atoms with Gasteiger partial charge in [0.05, 0.1) is 10.7 Å². The number of hydrogen-bond donors (Lipinski definition) is 2. The van der Waals surface area contributed by atoms with E-state index in [1.54, 1.807) is 0 Å². The van der Waals surface area contributed by atoms with E-state index in [0.717, 1.165) is 18.4 Å². The van der Waals surface area contributed by atoms with Crippen LogP contribution in [0.5, 0.6) is 0 Å². The fraction of sp³-hybridized carbons (Fsp3) is 0.364. The molecule has 0 atom stereocenters. The molecule has 20 heavy (non-hydrogen) atoms. The van der Waals surface area contributed by atoms with Gasteiger partial charge in [-0.25, -0.2) is 13.2 Å². The lowest BCUT2D eigenvalue weighted by Gasteiger charge is -2.06. The molecular weight excluding hydrogens is 288 g/mol. The van der Waals surface area contributed by atoms with E-state index < -0.39 is 32.0 Å². The van der Waals surface area contributed by atoms with Crippen molar-refractivity contribution in [3.05, 3.63) is 33.9 Å². The van der Waals surface area contributed by atoms with Gasteiger partial charge in [-0.05, 0) is 18.6 Å². The van der Waals surface area contributed by atoms with Crippen LogP contribution in [0.4, 0.5) is 11.4 Å². The van der Waals surface area contributed by atoms with E-state index in [1.165, 1.54) is 6.07 Å². The molecule has 0 aromatic heterocycles. The van der Waals surface area contributed by atoms with Crippen molar-refractivity contribution in [2.75, 3.05) is 23.9 Å². The van der Waals surface area contributed by atoms with E-state index in [2.05, 4.69) is 5.32 Å². The summed E-state index contributed by atoms with van der Waals surface area (Å²) in [4.78, 5) is 20.8. The highest BCUT2D eigenvalue weighted by Gasteiger charge is 2.19. The monoisotopic (exact) mass is 302 g/mol. The molecule has 0 radical (unpaired) electrons. The molecule has 0 amide bonds. The smallest absolute Gasteiger partial charge is 0.342 e. The first kappa shape index (κ1) is 15.9. The minimum atomic E-state index is -3.04. The van der Waals surface area contributed by atoms with Gasteiger partial charge in [-0.2, -0.15) is 0 Å². The summed E-state index contributed by atoms with van der Waals surface area (Å²) < 4.78 is 21.8. The van der Waals surface area contributed by atoms with E-state index in [4.69, 9.17) is 5.11 Å². The quantitative estimate of drug-likeness (QED) is 0.439. The molecule has 1 aromatic rings. The summed E-state index contributed by atoms with van der Waals surface area (Å²) in [7, 11) is -3.04. The van der Waals surface area contributed by atoms with Gasteiger partial charge in [-0.1, -0.05) is 0 Å². The minimum absolute atomic E-state index is 0.00923. The molecule has 110 valence electrons. The van der Waals surface area contributed by atoms with Gasteiger partial charge in [-0.3, -0.25) is 10.1 Å². The second kappa shape index (κ2) is 6.33. The Hall–Kier alpha value is -2.16. The Morgan fingerprint density at radius 1 is 1.45 bits per heavy atom. The molecule has 2 N–H and O–H groups in total. The molecule has 0 spiro atoms. The summed E-state index contributed by atoms with van der Waals surface area (Å²) in [6, 6.07) is 3.65. The van der Waals surface area contributed by atoms with Gasteiger partial charge in [0.25, 0.3) is 5.69 Å². The molecule has 0 aliphatic carbocycles. The number of carbonyl (C=O) groups is 1. The summed E-state index contributed by atoms with van der Waals surface area (Å²) in [5.74, 6) is -1.37. The number of rotatable bonds is 7. The van der Waals surface area contributed by atoms with Crippen LogP contribution >= 0.6 is 0 Å². The van der Waals surface area contributed by atoms with Gasteiger partial charge in [0.2, 0.25) is 0 Å². The van der Waals surface area contributed by atoms with Crippen LogP contribution in [0.3, 0.4) is 0 Å². The van der Waals surface area contributed by atoms with Crippen molar-refractivity contribution in [1.82, 2.24) is 0 Å². The van der Waals surface area contributed by atoms with Crippen molar-refractivity contribution in [2.24, 2.45) is 0 Å². The van der Waals surface area contributed by atoms with Gasteiger partial charge in [-0.15, -0.1) is 0 Å². The van der Waals surface area contributed by atoms with Gasteiger partial charge in [0.15, 0.2) is 0 Å². The van der Waals surface area contributed by atoms with Crippen molar-refractivity contribution < 1.29 is 23.2 Å². The number of nitro groups is 1. The largest absolute Gasteiger partial charge is 0.477 e. The second-order valence-electron chi connectivity index (χ2n) is 4.20. The van der Waals surface area contributed by atoms with Crippen LogP contribution in [-0.4, -0.2) is 43.0 Å². The van der Waals surface area contributed by atoms with Crippen LogP contribution in [0.2, 0.25) is 0 Å².